The monoisotopic (exact) mass is 324 g/mol. The molecule has 5 nitrogen and oxygen atoms in total. The molecule has 3 rings (SSSR count). The van der Waals surface area contributed by atoms with Gasteiger partial charge >= 0.3 is 0 Å². The van der Waals surface area contributed by atoms with Gasteiger partial charge < -0.3 is 10.2 Å². The second-order valence-electron chi connectivity index (χ2n) is 6.64. The van der Waals surface area contributed by atoms with E-state index in [9.17, 15) is 4.79 Å². The van der Waals surface area contributed by atoms with E-state index in [1.54, 1.807) is 6.33 Å². The van der Waals surface area contributed by atoms with Crippen LogP contribution in [0.1, 0.15) is 37.0 Å². The van der Waals surface area contributed by atoms with Crippen molar-refractivity contribution in [3.8, 4) is 11.3 Å². The number of aromatic nitrogens is 2. The largest absolute Gasteiger partial charge is 0.357 e. The van der Waals surface area contributed by atoms with Crippen LogP contribution in [0.2, 0.25) is 0 Å². The van der Waals surface area contributed by atoms with Crippen molar-refractivity contribution in [2.45, 2.75) is 26.7 Å². The van der Waals surface area contributed by atoms with Crippen molar-refractivity contribution in [2.24, 2.45) is 5.92 Å². The molecule has 5 heteroatoms. The molecule has 1 aliphatic rings. The highest BCUT2D eigenvalue weighted by molar-refractivity contribution is 5.94. The van der Waals surface area contributed by atoms with Crippen LogP contribution in [-0.2, 0) is 0 Å². The zero-order valence-corrected chi connectivity index (χ0v) is 14.3. The molecular formula is C19H24N4O. The summed E-state index contributed by atoms with van der Waals surface area (Å²) in [7, 11) is 0. The van der Waals surface area contributed by atoms with Crippen molar-refractivity contribution >= 4 is 11.7 Å². The Balaban J connectivity index is 1.73. The van der Waals surface area contributed by atoms with Gasteiger partial charge in [0.05, 0.1) is 5.69 Å². The van der Waals surface area contributed by atoms with Crippen molar-refractivity contribution in [1.82, 2.24) is 15.3 Å². The Labute approximate surface area is 143 Å². The standard InChI is InChI=1S/C19H24N4O/c1-14(2)12-20-19(24)16-7-5-15(6-8-16)17-11-18(22-13-21-17)23-9-3-4-10-23/h5-8,11,13-14H,3-4,9-10,12H2,1-2H3,(H,20,24). The summed E-state index contributed by atoms with van der Waals surface area (Å²) in [5, 5.41) is 2.93. The van der Waals surface area contributed by atoms with Gasteiger partial charge in [0, 0.05) is 36.8 Å². The van der Waals surface area contributed by atoms with Gasteiger partial charge in [-0.05, 0) is 30.9 Å². The quantitative estimate of drug-likeness (QED) is 0.918. The van der Waals surface area contributed by atoms with Crippen LogP contribution in [0.5, 0.6) is 0 Å². The first-order valence-corrected chi connectivity index (χ1v) is 8.59. The second-order valence-corrected chi connectivity index (χ2v) is 6.64. The number of hydrogen-bond acceptors (Lipinski definition) is 4. The zero-order chi connectivity index (χ0) is 16.9. The minimum atomic E-state index is -0.0318. The molecule has 1 aromatic carbocycles. The Morgan fingerprint density at radius 1 is 1.17 bits per heavy atom. The van der Waals surface area contributed by atoms with E-state index < -0.39 is 0 Å². The number of nitrogens with one attached hydrogen (secondary N) is 1. The highest BCUT2D eigenvalue weighted by Crippen LogP contribution is 2.23. The van der Waals surface area contributed by atoms with Crippen molar-refractivity contribution in [3.05, 3.63) is 42.2 Å². The fourth-order valence-electron chi connectivity index (χ4n) is 2.82. The maximum atomic E-state index is 12.1. The summed E-state index contributed by atoms with van der Waals surface area (Å²) >= 11 is 0. The number of nitrogens with zero attached hydrogens (tertiary/aromatic N) is 3. The number of hydrogen-bond donors (Lipinski definition) is 1. The third-order valence-corrected chi connectivity index (χ3v) is 4.20. The van der Waals surface area contributed by atoms with Crippen LogP contribution in [-0.4, -0.2) is 35.5 Å². The van der Waals surface area contributed by atoms with Gasteiger partial charge in [0.2, 0.25) is 0 Å². The Hall–Kier alpha value is -2.43. The average Bonchev–Trinajstić information content (AvgIpc) is 3.14. The highest BCUT2D eigenvalue weighted by atomic mass is 16.1. The van der Waals surface area contributed by atoms with Crippen LogP contribution >= 0.6 is 0 Å². The van der Waals surface area contributed by atoms with Crippen molar-refractivity contribution in [2.75, 3.05) is 24.5 Å². The predicted octanol–water partition coefficient (Wildman–Crippen LogP) is 3.13. The maximum absolute atomic E-state index is 12.1. The zero-order valence-electron chi connectivity index (χ0n) is 14.3. The van der Waals surface area contributed by atoms with Gasteiger partial charge in [0.25, 0.3) is 5.91 Å². The van der Waals surface area contributed by atoms with Crippen LogP contribution in [0.4, 0.5) is 5.82 Å². The van der Waals surface area contributed by atoms with E-state index in [4.69, 9.17) is 0 Å². The van der Waals surface area contributed by atoms with Gasteiger partial charge in [0.15, 0.2) is 0 Å². The molecule has 0 spiro atoms. The van der Waals surface area contributed by atoms with E-state index >= 15 is 0 Å². The lowest BCUT2D eigenvalue weighted by Gasteiger charge is -2.16. The van der Waals surface area contributed by atoms with Gasteiger partial charge in [-0.15, -0.1) is 0 Å². The van der Waals surface area contributed by atoms with E-state index in [0.717, 1.165) is 30.2 Å². The summed E-state index contributed by atoms with van der Waals surface area (Å²) in [6.07, 6.45) is 4.06. The number of benzene rings is 1. The van der Waals surface area contributed by atoms with E-state index in [-0.39, 0.29) is 5.91 Å². The van der Waals surface area contributed by atoms with Gasteiger partial charge in [-0.25, -0.2) is 9.97 Å². The maximum Gasteiger partial charge on any atom is 0.251 e. The van der Waals surface area contributed by atoms with E-state index in [1.165, 1.54) is 12.8 Å². The molecule has 0 aliphatic carbocycles. The normalized spacial score (nSPS) is 14.2. The number of carbonyl (C=O) groups excluding carboxylic acids is 1. The predicted molar refractivity (Wildman–Crippen MR) is 96.1 cm³/mol. The lowest BCUT2D eigenvalue weighted by atomic mass is 10.1. The average molecular weight is 324 g/mol. The molecule has 1 amide bonds. The summed E-state index contributed by atoms with van der Waals surface area (Å²) < 4.78 is 0. The van der Waals surface area contributed by atoms with Crippen LogP contribution in [0.25, 0.3) is 11.3 Å². The lowest BCUT2D eigenvalue weighted by Crippen LogP contribution is -2.27. The molecule has 2 heterocycles. The highest BCUT2D eigenvalue weighted by Gasteiger charge is 2.14. The van der Waals surface area contributed by atoms with E-state index in [1.807, 2.05) is 30.3 Å². The van der Waals surface area contributed by atoms with Crippen molar-refractivity contribution in [3.63, 3.8) is 0 Å². The van der Waals surface area contributed by atoms with Gasteiger partial charge in [0.1, 0.15) is 12.1 Å². The Morgan fingerprint density at radius 3 is 2.54 bits per heavy atom. The number of anilines is 1. The Morgan fingerprint density at radius 2 is 1.88 bits per heavy atom. The molecule has 0 atom stereocenters. The minimum absolute atomic E-state index is 0.0318. The number of rotatable bonds is 5. The summed E-state index contributed by atoms with van der Waals surface area (Å²) in [6.45, 7) is 6.97. The number of amides is 1. The molecule has 1 fully saturated rings. The molecule has 24 heavy (non-hydrogen) atoms. The first-order chi connectivity index (χ1) is 11.6. The van der Waals surface area contributed by atoms with E-state index in [2.05, 4.69) is 34.0 Å². The summed E-state index contributed by atoms with van der Waals surface area (Å²) in [4.78, 5) is 23.1. The molecule has 1 aromatic heterocycles. The molecule has 0 saturated carbocycles. The molecule has 0 bridgehead atoms. The molecule has 1 N–H and O–H groups in total. The van der Waals surface area contributed by atoms with E-state index in [0.29, 0.717) is 18.0 Å². The summed E-state index contributed by atoms with van der Waals surface area (Å²) in [6, 6.07) is 9.62. The third kappa shape index (κ3) is 3.91. The first-order valence-electron chi connectivity index (χ1n) is 8.59. The van der Waals surface area contributed by atoms with Crippen molar-refractivity contribution in [1.29, 1.82) is 0 Å². The minimum Gasteiger partial charge on any atom is -0.357 e. The number of carbonyl (C=O) groups is 1. The van der Waals surface area contributed by atoms with Crippen molar-refractivity contribution < 1.29 is 4.79 Å². The molecule has 1 saturated heterocycles. The smallest absolute Gasteiger partial charge is 0.251 e. The van der Waals surface area contributed by atoms with Gasteiger partial charge in [-0.2, -0.15) is 0 Å². The first kappa shape index (κ1) is 16.4. The Bertz CT molecular complexity index is 691. The van der Waals surface area contributed by atoms with Crippen LogP contribution in [0.15, 0.2) is 36.7 Å². The van der Waals surface area contributed by atoms with Crippen LogP contribution in [0, 0.1) is 5.92 Å². The topological polar surface area (TPSA) is 58.1 Å². The second kappa shape index (κ2) is 7.43. The molecule has 2 aromatic rings. The molecule has 0 radical (unpaired) electrons. The summed E-state index contributed by atoms with van der Waals surface area (Å²) in [5.74, 6) is 1.39. The SMILES string of the molecule is CC(C)CNC(=O)c1ccc(-c2cc(N3CCCC3)ncn2)cc1. The molecule has 0 unspecified atom stereocenters. The fraction of sp³-hybridized carbons (Fsp3) is 0.421. The van der Waals surface area contributed by atoms with Gasteiger partial charge in [-0.1, -0.05) is 26.0 Å². The third-order valence-electron chi connectivity index (χ3n) is 4.20. The van der Waals surface area contributed by atoms with Crippen LogP contribution < -0.4 is 10.2 Å². The van der Waals surface area contributed by atoms with Crippen LogP contribution in [0.3, 0.4) is 0 Å². The fourth-order valence-corrected chi connectivity index (χ4v) is 2.82. The van der Waals surface area contributed by atoms with Gasteiger partial charge in [-0.3, -0.25) is 4.79 Å². The molecule has 1 aliphatic heterocycles. The molecule has 126 valence electrons. The Kier molecular flexibility index (Phi) is 5.08. The summed E-state index contributed by atoms with van der Waals surface area (Å²) in [5.41, 5.74) is 2.56. The lowest BCUT2D eigenvalue weighted by molar-refractivity contribution is 0.0949. The molecular weight excluding hydrogens is 300 g/mol.